The lowest BCUT2D eigenvalue weighted by atomic mass is 10.00. The van der Waals surface area contributed by atoms with Gasteiger partial charge in [0.2, 0.25) is 5.91 Å². The van der Waals surface area contributed by atoms with Crippen molar-refractivity contribution in [2.45, 2.75) is 31.7 Å². The summed E-state index contributed by atoms with van der Waals surface area (Å²) in [6.07, 6.45) is 3.63. The minimum absolute atomic E-state index is 0.0455. The zero-order valence-corrected chi connectivity index (χ0v) is 24.0. The molecule has 7 nitrogen and oxygen atoms in total. The molecule has 0 bridgehead atoms. The topological polar surface area (TPSA) is 95.9 Å². The molecule has 1 atom stereocenters. The van der Waals surface area contributed by atoms with Crippen molar-refractivity contribution in [3.8, 4) is 5.75 Å². The first kappa shape index (κ1) is 30.8. The number of anilines is 2. The number of aliphatic carboxylic acids is 1. The number of ketones is 1. The molecular formula is C36H36N2O5. The Balaban J connectivity index is 1.33. The van der Waals surface area contributed by atoms with Crippen LogP contribution in [-0.2, 0) is 16.0 Å². The van der Waals surface area contributed by atoms with Gasteiger partial charge in [0.1, 0.15) is 11.8 Å². The third kappa shape index (κ3) is 8.91. The maximum absolute atomic E-state index is 13.1. The highest BCUT2D eigenvalue weighted by atomic mass is 16.5. The van der Waals surface area contributed by atoms with Crippen molar-refractivity contribution in [3.63, 3.8) is 0 Å². The lowest BCUT2D eigenvalue weighted by Gasteiger charge is -2.23. The summed E-state index contributed by atoms with van der Waals surface area (Å²) in [5.41, 5.74) is 3.08. The molecule has 1 unspecified atom stereocenters. The second-order valence-electron chi connectivity index (χ2n) is 10.0. The Morgan fingerprint density at radius 3 is 2.19 bits per heavy atom. The Bertz CT molecular complexity index is 1500. The molecule has 0 radical (unpaired) electrons. The van der Waals surface area contributed by atoms with E-state index in [2.05, 4.69) is 11.9 Å². The van der Waals surface area contributed by atoms with Crippen molar-refractivity contribution in [2.24, 2.45) is 0 Å². The smallest absolute Gasteiger partial charge is 0.326 e. The van der Waals surface area contributed by atoms with Gasteiger partial charge in [0.15, 0.2) is 5.78 Å². The normalized spacial score (nSPS) is 11.3. The van der Waals surface area contributed by atoms with Crippen LogP contribution in [0.4, 0.5) is 11.4 Å². The number of allylic oxidation sites excluding steroid dienone is 1. The number of carboxylic acid groups (broad SMARTS) is 1. The van der Waals surface area contributed by atoms with Crippen LogP contribution in [0.2, 0.25) is 0 Å². The molecule has 0 aliphatic heterocycles. The van der Waals surface area contributed by atoms with Gasteiger partial charge in [-0.3, -0.25) is 9.59 Å². The number of nitrogens with one attached hydrogen (secondary N) is 1. The van der Waals surface area contributed by atoms with Crippen LogP contribution in [0, 0.1) is 0 Å². The number of hydrogen-bond acceptors (Lipinski definition) is 5. The molecule has 4 aromatic carbocycles. The summed E-state index contributed by atoms with van der Waals surface area (Å²) in [4.78, 5) is 39.8. The number of rotatable bonds is 16. The molecule has 0 spiro atoms. The predicted molar refractivity (Wildman–Crippen MR) is 170 cm³/mol. The van der Waals surface area contributed by atoms with Crippen molar-refractivity contribution in [1.82, 2.24) is 0 Å². The van der Waals surface area contributed by atoms with E-state index in [4.69, 9.17) is 4.74 Å². The SMILES string of the molecule is C=CCCC(=O)N(CCCOc1ccc(CC(Nc2ccccc2C(=O)c2ccccc2)C(=O)O)cc1)c1ccccc1. The molecule has 0 saturated carbocycles. The van der Waals surface area contributed by atoms with Crippen LogP contribution >= 0.6 is 0 Å². The number of ether oxygens (including phenoxy) is 1. The summed E-state index contributed by atoms with van der Waals surface area (Å²) in [6, 6.07) is 31.8. The summed E-state index contributed by atoms with van der Waals surface area (Å²) >= 11 is 0. The zero-order valence-electron chi connectivity index (χ0n) is 24.0. The minimum Gasteiger partial charge on any atom is -0.494 e. The van der Waals surface area contributed by atoms with Crippen molar-refractivity contribution < 1.29 is 24.2 Å². The number of amides is 1. The largest absolute Gasteiger partial charge is 0.494 e. The third-order valence-corrected chi connectivity index (χ3v) is 6.92. The number of carbonyl (C=O) groups excluding carboxylic acids is 2. The first-order valence-corrected chi connectivity index (χ1v) is 14.3. The molecular weight excluding hydrogens is 540 g/mol. The first-order valence-electron chi connectivity index (χ1n) is 14.3. The van der Waals surface area contributed by atoms with E-state index < -0.39 is 12.0 Å². The van der Waals surface area contributed by atoms with Gasteiger partial charge in [-0.2, -0.15) is 0 Å². The van der Waals surface area contributed by atoms with Crippen LogP contribution in [0.5, 0.6) is 5.75 Å². The van der Waals surface area contributed by atoms with Crippen LogP contribution in [0.1, 0.15) is 40.7 Å². The Morgan fingerprint density at radius 2 is 1.51 bits per heavy atom. The summed E-state index contributed by atoms with van der Waals surface area (Å²) in [5.74, 6) is -0.494. The number of nitrogens with zero attached hydrogens (tertiary/aromatic N) is 1. The van der Waals surface area contributed by atoms with Crippen molar-refractivity contribution in [3.05, 3.63) is 139 Å². The maximum Gasteiger partial charge on any atom is 0.326 e. The average molecular weight is 577 g/mol. The van der Waals surface area contributed by atoms with Crippen LogP contribution < -0.4 is 15.0 Å². The number of carbonyl (C=O) groups is 3. The zero-order chi connectivity index (χ0) is 30.4. The molecule has 220 valence electrons. The molecule has 0 aromatic heterocycles. The lowest BCUT2D eigenvalue weighted by molar-refractivity contribution is -0.137. The van der Waals surface area contributed by atoms with Gasteiger partial charge in [-0.15, -0.1) is 6.58 Å². The van der Waals surface area contributed by atoms with E-state index in [0.29, 0.717) is 55.0 Å². The van der Waals surface area contributed by atoms with Crippen LogP contribution in [0.3, 0.4) is 0 Å². The Labute approximate surface area is 252 Å². The summed E-state index contributed by atoms with van der Waals surface area (Å²) < 4.78 is 5.92. The molecule has 7 heteroatoms. The summed E-state index contributed by atoms with van der Waals surface area (Å²) in [6.45, 7) is 4.65. The van der Waals surface area contributed by atoms with E-state index in [1.54, 1.807) is 59.5 Å². The lowest BCUT2D eigenvalue weighted by Crippen LogP contribution is -2.32. The molecule has 4 aromatic rings. The molecule has 0 heterocycles. The highest BCUT2D eigenvalue weighted by Crippen LogP contribution is 2.22. The number of para-hydroxylation sites is 2. The standard InChI is InChI=1S/C36H36N2O5/c1-2-3-19-34(39)38(29-15-8-5-9-16-29)24-12-25-43-30-22-20-27(21-23-30)26-33(36(41)42)37-32-18-11-10-17-31(32)35(40)28-13-6-4-7-14-28/h2,4-11,13-18,20-23,33,37H,1,3,12,19,24-26H2,(H,41,42). The average Bonchev–Trinajstić information content (AvgIpc) is 3.04. The van der Waals surface area contributed by atoms with Gasteiger partial charge < -0.3 is 20.1 Å². The summed E-state index contributed by atoms with van der Waals surface area (Å²) in [7, 11) is 0. The highest BCUT2D eigenvalue weighted by molar-refractivity contribution is 6.12. The number of benzene rings is 4. The monoisotopic (exact) mass is 576 g/mol. The second kappa shape index (κ2) is 15.7. The van der Waals surface area contributed by atoms with Crippen molar-refractivity contribution >= 4 is 29.0 Å². The fourth-order valence-electron chi connectivity index (χ4n) is 4.68. The van der Waals surface area contributed by atoms with Crippen LogP contribution in [0.15, 0.2) is 122 Å². The fourth-order valence-corrected chi connectivity index (χ4v) is 4.68. The van der Waals surface area contributed by atoms with Gasteiger partial charge in [-0.05, 0) is 54.8 Å². The Hall–Kier alpha value is -5.17. The first-order chi connectivity index (χ1) is 21.0. The maximum atomic E-state index is 13.1. The fraction of sp³-hybridized carbons (Fsp3) is 0.194. The molecule has 43 heavy (non-hydrogen) atoms. The van der Waals surface area contributed by atoms with Gasteiger partial charge in [0.05, 0.1) is 6.61 Å². The molecule has 4 rings (SSSR count). The highest BCUT2D eigenvalue weighted by Gasteiger charge is 2.21. The van der Waals surface area contributed by atoms with Gasteiger partial charge in [0, 0.05) is 41.9 Å². The van der Waals surface area contributed by atoms with E-state index in [-0.39, 0.29) is 18.1 Å². The van der Waals surface area contributed by atoms with E-state index in [9.17, 15) is 19.5 Å². The van der Waals surface area contributed by atoms with E-state index >= 15 is 0 Å². The minimum atomic E-state index is -1.02. The Morgan fingerprint density at radius 1 is 0.860 bits per heavy atom. The number of carboxylic acids is 1. The molecule has 0 saturated heterocycles. The van der Waals surface area contributed by atoms with E-state index in [1.165, 1.54) is 0 Å². The van der Waals surface area contributed by atoms with Gasteiger partial charge in [-0.25, -0.2) is 4.79 Å². The Kier molecular flexibility index (Phi) is 11.3. The summed E-state index contributed by atoms with van der Waals surface area (Å²) in [5, 5.41) is 13.0. The van der Waals surface area contributed by atoms with Crippen LogP contribution in [-0.4, -0.2) is 42.0 Å². The second-order valence-corrected chi connectivity index (χ2v) is 10.0. The third-order valence-electron chi connectivity index (χ3n) is 6.92. The molecule has 2 N–H and O–H groups in total. The molecule has 0 aliphatic carbocycles. The quantitative estimate of drug-likeness (QED) is 0.0866. The van der Waals surface area contributed by atoms with Gasteiger partial charge in [0.25, 0.3) is 0 Å². The van der Waals surface area contributed by atoms with E-state index in [0.717, 1.165) is 11.3 Å². The van der Waals surface area contributed by atoms with Crippen molar-refractivity contribution in [2.75, 3.05) is 23.4 Å². The van der Waals surface area contributed by atoms with Crippen molar-refractivity contribution in [1.29, 1.82) is 0 Å². The number of hydrogen-bond donors (Lipinski definition) is 2. The van der Waals surface area contributed by atoms with Gasteiger partial charge >= 0.3 is 5.97 Å². The predicted octanol–water partition coefficient (Wildman–Crippen LogP) is 6.79. The van der Waals surface area contributed by atoms with Gasteiger partial charge in [-0.1, -0.05) is 78.9 Å². The molecule has 0 aliphatic rings. The molecule has 1 amide bonds. The van der Waals surface area contributed by atoms with Crippen LogP contribution in [0.25, 0.3) is 0 Å². The molecule has 0 fully saturated rings. The van der Waals surface area contributed by atoms with E-state index in [1.807, 2.05) is 60.7 Å².